The van der Waals surface area contributed by atoms with Crippen molar-refractivity contribution < 1.29 is 1.43 Å². The van der Waals surface area contributed by atoms with Gasteiger partial charge in [0, 0.05) is 12.8 Å². The van der Waals surface area contributed by atoms with Gasteiger partial charge in [-0.15, -0.1) is 0 Å². The van der Waals surface area contributed by atoms with Crippen LogP contribution < -0.4 is 0 Å². The zero-order chi connectivity index (χ0) is 6.97. The van der Waals surface area contributed by atoms with Crippen LogP contribution in [0, 0.1) is 6.92 Å². The van der Waals surface area contributed by atoms with Crippen molar-refractivity contribution in [2.45, 2.75) is 19.8 Å². The minimum Gasteiger partial charge on any atom is -0.359 e. The third kappa shape index (κ3) is 0.783. The molecule has 0 radical (unpaired) electrons. The van der Waals surface area contributed by atoms with Crippen molar-refractivity contribution in [2.24, 2.45) is 0 Å². The average Bonchev–Trinajstić information content (AvgIpc) is 2.27. The molecule has 0 atom stereocenters. The van der Waals surface area contributed by atoms with Crippen molar-refractivity contribution in [3.8, 4) is 0 Å². The van der Waals surface area contributed by atoms with E-state index in [1.807, 2.05) is 0 Å². The maximum Gasteiger partial charge on any atom is 0.0411 e. The second-order valence-corrected chi connectivity index (χ2v) is 2.83. The van der Waals surface area contributed by atoms with Crippen LogP contribution in [0.1, 0.15) is 24.8 Å². The maximum atomic E-state index is 3.31. The lowest BCUT2D eigenvalue weighted by atomic mass is 10.1. The molecule has 0 amide bonds. The van der Waals surface area contributed by atoms with Gasteiger partial charge in [0.15, 0.2) is 0 Å². The number of fused-ring (bicyclic) bond motifs is 1. The first-order chi connectivity index (χ1) is 4.86. The second kappa shape index (κ2) is 2.01. The van der Waals surface area contributed by atoms with Crippen LogP contribution in [0.5, 0.6) is 0 Å². The largest absolute Gasteiger partial charge is 0.359 e. The van der Waals surface area contributed by atoms with Crippen LogP contribution in [-0.2, 0) is 6.42 Å². The molecule has 0 unspecified atom stereocenters. The monoisotopic (exact) mass is 135 g/mol. The van der Waals surface area contributed by atoms with Gasteiger partial charge < -0.3 is 4.98 Å². The molecule has 1 N–H and O–H groups in total. The number of aromatic amines is 1. The number of nitrogens with one attached hydrogen (secondary N) is 1. The van der Waals surface area contributed by atoms with Crippen LogP contribution in [0.4, 0.5) is 0 Å². The van der Waals surface area contributed by atoms with Gasteiger partial charge in [-0.2, -0.15) is 0 Å². The zero-order valence-corrected chi connectivity index (χ0v) is 6.15. The topological polar surface area (TPSA) is 15.8 Å². The van der Waals surface area contributed by atoms with Gasteiger partial charge in [-0.3, -0.25) is 0 Å². The van der Waals surface area contributed by atoms with E-state index in [1.54, 1.807) is 0 Å². The highest BCUT2D eigenvalue weighted by Crippen LogP contribution is 2.18. The molecule has 1 aliphatic rings. The first-order valence-corrected chi connectivity index (χ1v) is 3.71. The fourth-order valence-electron chi connectivity index (χ4n) is 1.46. The second-order valence-electron chi connectivity index (χ2n) is 2.83. The Morgan fingerprint density at radius 3 is 3.30 bits per heavy atom. The number of aromatic nitrogens is 1. The SMILES string of the molecule is Cc1cc2c([nH]1)C=CCC2.[HH]. The van der Waals surface area contributed by atoms with Gasteiger partial charge in [0.05, 0.1) is 0 Å². The molecule has 1 heteroatoms. The predicted molar refractivity (Wildman–Crippen MR) is 45.0 cm³/mol. The molecule has 0 spiro atoms. The van der Waals surface area contributed by atoms with E-state index >= 15 is 0 Å². The maximum absolute atomic E-state index is 3.31. The Morgan fingerprint density at radius 2 is 2.50 bits per heavy atom. The fourth-order valence-corrected chi connectivity index (χ4v) is 1.46. The number of allylic oxidation sites excluding steroid dienone is 1. The molecule has 0 bridgehead atoms. The molecule has 2 rings (SSSR count). The summed E-state index contributed by atoms with van der Waals surface area (Å²) in [5, 5.41) is 0. The Bertz CT molecular complexity index is 273. The first kappa shape index (κ1) is 5.78. The molecule has 54 valence electrons. The van der Waals surface area contributed by atoms with E-state index < -0.39 is 0 Å². The Kier molecular flexibility index (Phi) is 1.16. The van der Waals surface area contributed by atoms with Crippen molar-refractivity contribution in [3.63, 3.8) is 0 Å². The van der Waals surface area contributed by atoms with Gasteiger partial charge in [-0.1, -0.05) is 6.08 Å². The molecule has 1 nitrogen and oxygen atoms in total. The van der Waals surface area contributed by atoms with E-state index in [-0.39, 0.29) is 1.43 Å². The summed E-state index contributed by atoms with van der Waals surface area (Å²) in [6.45, 7) is 2.10. The Hall–Kier alpha value is -0.980. The third-order valence-electron chi connectivity index (χ3n) is 1.93. The molecule has 1 heterocycles. The summed E-state index contributed by atoms with van der Waals surface area (Å²) < 4.78 is 0. The molecular formula is C9H13N. The third-order valence-corrected chi connectivity index (χ3v) is 1.93. The number of aryl methyl sites for hydroxylation is 2. The number of hydrogen-bond acceptors (Lipinski definition) is 0. The quantitative estimate of drug-likeness (QED) is 0.562. The van der Waals surface area contributed by atoms with Crippen LogP contribution in [-0.4, -0.2) is 4.98 Å². The van der Waals surface area contributed by atoms with Crippen molar-refractivity contribution in [1.82, 2.24) is 4.98 Å². The standard InChI is InChI=1S/C9H11N.H2/c1-7-6-8-4-2-3-5-9(8)10-7;/h3,5-6,10H,2,4H2,1H3;1H. The molecule has 10 heavy (non-hydrogen) atoms. The summed E-state index contributed by atoms with van der Waals surface area (Å²) >= 11 is 0. The number of rotatable bonds is 0. The first-order valence-electron chi connectivity index (χ1n) is 3.71. The highest BCUT2D eigenvalue weighted by atomic mass is 14.7. The molecule has 0 saturated carbocycles. The van der Waals surface area contributed by atoms with Gasteiger partial charge >= 0.3 is 0 Å². The smallest absolute Gasteiger partial charge is 0.0411 e. The zero-order valence-electron chi connectivity index (χ0n) is 6.15. The van der Waals surface area contributed by atoms with Crippen LogP contribution in [0.2, 0.25) is 0 Å². The van der Waals surface area contributed by atoms with Gasteiger partial charge in [-0.05, 0) is 37.5 Å². The van der Waals surface area contributed by atoms with Crippen LogP contribution in [0.25, 0.3) is 6.08 Å². The van der Waals surface area contributed by atoms with E-state index in [2.05, 4.69) is 30.1 Å². The van der Waals surface area contributed by atoms with Crippen LogP contribution in [0.3, 0.4) is 0 Å². The van der Waals surface area contributed by atoms with Gasteiger partial charge in [0.2, 0.25) is 0 Å². The van der Waals surface area contributed by atoms with Gasteiger partial charge in [-0.25, -0.2) is 0 Å². The van der Waals surface area contributed by atoms with Crippen molar-refractivity contribution in [2.75, 3.05) is 0 Å². The van der Waals surface area contributed by atoms with Gasteiger partial charge in [0.25, 0.3) is 0 Å². The lowest BCUT2D eigenvalue weighted by molar-refractivity contribution is 0.985. The molecule has 0 saturated heterocycles. The lowest BCUT2D eigenvalue weighted by Gasteiger charge is -2.01. The number of hydrogen-bond donors (Lipinski definition) is 1. The summed E-state index contributed by atoms with van der Waals surface area (Å²) in [6.07, 6.45) is 6.80. The molecular weight excluding hydrogens is 122 g/mol. The fraction of sp³-hybridized carbons (Fsp3) is 0.333. The Morgan fingerprint density at radius 1 is 1.60 bits per heavy atom. The molecule has 1 aliphatic carbocycles. The number of H-pyrrole nitrogens is 1. The summed E-state index contributed by atoms with van der Waals surface area (Å²) in [6, 6.07) is 2.23. The van der Waals surface area contributed by atoms with Crippen molar-refractivity contribution in [1.29, 1.82) is 0 Å². The summed E-state index contributed by atoms with van der Waals surface area (Å²) in [4.78, 5) is 3.31. The lowest BCUT2D eigenvalue weighted by Crippen LogP contribution is -1.88. The normalized spacial score (nSPS) is 15.3. The summed E-state index contributed by atoms with van der Waals surface area (Å²) in [7, 11) is 0. The molecule has 1 aromatic heterocycles. The minimum absolute atomic E-state index is 0. The van der Waals surface area contributed by atoms with Crippen LogP contribution >= 0.6 is 0 Å². The summed E-state index contributed by atoms with van der Waals surface area (Å²) in [5.41, 5.74) is 4.06. The molecule has 1 aromatic rings. The van der Waals surface area contributed by atoms with Crippen molar-refractivity contribution >= 4 is 6.08 Å². The Labute approximate surface area is 62.3 Å². The van der Waals surface area contributed by atoms with E-state index in [0.717, 1.165) is 0 Å². The minimum atomic E-state index is 0. The van der Waals surface area contributed by atoms with E-state index in [0.29, 0.717) is 0 Å². The highest BCUT2D eigenvalue weighted by Gasteiger charge is 2.05. The molecule has 0 fully saturated rings. The van der Waals surface area contributed by atoms with E-state index in [1.165, 1.54) is 29.8 Å². The van der Waals surface area contributed by atoms with E-state index in [4.69, 9.17) is 0 Å². The highest BCUT2D eigenvalue weighted by molar-refractivity contribution is 5.53. The molecule has 0 aliphatic heterocycles. The van der Waals surface area contributed by atoms with Gasteiger partial charge in [0.1, 0.15) is 0 Å². The van der Waals surface area contributed by atoms with Crippen molar-refractivity contribution in [3.05, 3.63) is 29.1 Å². The Balaban J connectivity index is 0.000000605. The van der Waals surface area contributed by atoms with Crippen LogP contribution in [0.15, 0.2) is 12.1 Å². The molecule has 0 aromatic carbocycles. The average molecular weight is 135 g/mol. The van der Waals surface area contributed by atoms with E-state index in [9.17, 15) is 0 Å². The predicted octanol–water partition coefficient (Wildman–Crippen LogP) is 2.53. The summed E-state index contributed by atoms with van der Waals surface area (Å²) in [5.74, 6) is 0.